The van der Waals surface area contributed by atoms with Crippen molar-refractivity contribution in [3.05, 3.63) is 0 Å². The summed E-state index contributed by atoms with van der Waals surface area (Å²) in [4.78, 5) is 34.5. The van der Waals surface area contributed by atoms with Crippen LogP contribution in [0.3, 0.4) is 0 Å². The average Bonchev–Trinajstić information content (AvgIpc) is 2.40. The zero-order chi connectivity index (χ0) is 12.3. The fraction of sp³-hybridized carbons (Fsp3) is 0.700. The van der Waals surface area contributed by atoms with Gasteiger partial charge in [-0.05, 0) is 0 Å². The number of nitrogens with zero attached hydrogens (tertiary/aromatic N) is 1. The minimum absolute atomic E-state index is 0.0588. The Morgan fingerprint density at radius 3 is 2.25 bits per heavy atom. The molecule has 0 saturated carbocycles. The Balaban J connectivity index is 2.40. The highest BCUT2D eigenvalue weighted by Gasteiger charge is 2.41. The molecule has 0 aliphatic carbocycles. The molecule has 1 heterocycles. The summed E-state index contributed by atoms with van der Waals surface area (Å²) in [5.74, 6) is -2.09. The maximum Gasteiger partial charge on any atom is 0.329 e. The van der Waals surface area contributed by atoms with Gasteiger partial charge in [-0.25, -0.2) is 4.79 Å². The number of hydrogen-bond acceptors (Lipinski definition) is 4. The van der Waals surface area contributed by atoms with Gasteiger partial charge in [-0.1, -0.05) is 13.8 Å². The van der Waals surface area contributed by atoms with E-state index in [2.05, 4.69) is 0 Å². The zero-order valence-electron chi connectivity index (χ0n) is 9.30. The van der Waals surface area contributed by atoms with E-state index in [-0.39, 0.29) is 36.8 Å². The van der Waals surface area contributed by atoms with Crippen LogP contribution in [0.1, 0.15) is 13.8 Å². The van der Waals surface area contributed by atoms with E-state index in [4.69, 9.17) is 9.84 Å². The molecule has 2 unspecified atom stereocenters. The highest BCUT2D eigenvalue weighted by molar-refractivity contribution is 6.04. The molecule has 0 aromatic heterocycles. The molecule has 6 heteroatoms. The van der Waals surface area contributed by atoms with Crippen LogP contribution in [0.5, 0.6) is 0 Å². The third-order valence-electron chi connectivity index (χ3n) is 2.75. The predicted octanol–water partition coefficient (Wildman–Crippen LogP) is -0.271. The van der Waals surface area contributed by atoms with Crippen LogP contribution < -0.4 is 0 Å². The molecule has 1 aliphatic rings. The highest BCUT2D eigenvalue weighted by atomic mass is 16.5. The first-order valence-corrected chi connectivity index (χ1v) is 5.10. The van der Waals surface area contributed by atoms with E-state index in [1.54, 1.807) is 13.8 Å². The van der Waals surface area contributed by atoms with Gasteiger partial charge in [0.2, 0.25) is 11.8 Å². The second-order valence-corrected chi connectivity index (χ2v) is 3.85. The van der Waals surface area contributed by atoms with Crippen LogP contribution in [-0.2, 0) is 19.1 Å². The Labute approximate surface area is 93.2 Å². The van der Waals surface area contributed by atoms with E-state index in [1.165, 1.54) is 0 Å². The number of hydrogen-bond donors (Lipinski definition) is 1. The monoisotopic (exact) mass is 229 g/mol. The maximum atomic E-state index is 11.6. The summed E-state index contributed by atoms with van der Waals surface area (Å²) in [6.45, 7) is 3.19. The SMILES string of the molecule is CC1C(=O)N(CCOCC(=O)O)C(=O)C1C. The minimum atomic E-state index is -1.07. The molecule has 1 aliphatic heterocycles. The summed E-state index contributed by atoms with van der Waals surface area (Å²) < 4.78 is 4.78. The lowest BCUT2D eigenvalue weighted by atomic mass is 10.00. The van der Waals surface area contributed by atoms with Gasteiger partial charge in [-0.3, -0.25) is 14.5 Å². The van der Waals surface area contributed by atoms with Crippen molar-refractivity contribution in [1.29, 1.82) is 0 Å². The van der Waals surface area contributed by atoms with Crippen LogP contribution >= 0.6 is 0 Å². The molecule has 90 valence electrons. The summed E-state index contributed by atoms with van der Waals surface area (Å²) in [5, 5.41) is 8.32. The normalized spacial score (nSPS) is 25.2. The first kappa shape index (κ1) is 12.6. The van der Waals surface area contributed by atoms with Crippen LogP contribution in [-0.4, -0.2) is 47.5 Å². The summed E-state index contributed by atoms with van der Waals surface area (Å²) in [6, 6.07) is 0. The summed E-state index contributed by atoms with van der Waals surface area (Å²) in [5.41, 5.74) is 0. The summed E-state index contributed by atoms with van der Waals surface area (Å²) in [7, 11) is 0. The Morgan fingerprint density at radius 1 is 1.31 bits per heavy atom. The molecular formula is C10H15NO5. The number of rotatable bonds is 5. The first-order chi connectivity index (χ1) is 7.45. The minimum Gasteiger partial charge on any atom is -0.480 e. The Hall–Kier alpha value is -1.43. The molecule has 0 aromatic rings. The number of carboxylic acid groups (broad SMARTS) is 1. The lowest BCUT2D eigenvalue weighted by Crippen LogP contribution is -2.34. The van der Waals surface area contributed by atoms with Crippen molar-refractivity contribution in [2.75, 3.05) is 19.8 Å². The predicted molar refractivity (Wildman–Crippen MR) is 53.5 cm³/mol. The molecule has 16 heavy (non-hydrogen) atoms. The van der Waals surface area contributed by atoms with E-state index in [0.29, 0.717) is 0 Å². The summed E-state index contributed by atoms with van der Waals surface area (Å²) in [6.07, 6.45) is 0. The molecular weight excluding hydrogens is 214 g/mol. The fourth-order valence-electron chi connectivity index (χ4n) is 1.56. The van der Waals surface area contributed by atoms with Crippen molar-refractivity contribution in [3.8, 4) is 0 Å². The average molecular weight is 229 g/mol. The number of carbonyl (C=O) groups is 3. The van der Waals surface area contributed by atoms with Gasteiger partial charge in [-0.15, -0.1) is 0 Å². The van der Waals surface area contributed by atoms with E-state index < -0.39 is 12.6 Å². The number of amides is 2. The smallest absolute Gasteiger partial charge is 0.329 e. The van der Waals surface area contributed by atoms with E-state index in [9.17, 15) is 14.4 Å². The lowest BCUT2D eigenvalue weighted by Gasteiger charge is -2.13. The fourth-order valence-corrected chi connectivity index (χ4v) is 1.56. The second kappa shape index (κ2) is 5.07. The topological polar surface area (TPSA) is 83.9 Å². The molecule has 6 nitrogen and oxygen atoms in total. The van der Waals surface area contributed by atoms with E-state index in [0.717, 1.165) is 4.90 Å². The second-order valence-electron chi connectivity index (χ2n) is 3.85. The third kappa shape index (κ3) is 2.57. The van der Waals surface area contributed by atoms with Gasteiger partial charge in [0.1, 0.15) is 6.61 Å². The highest BCUT2D eigenvalue weighted by Crippen LogP contribution is 2.24. The lowest BCUT2D eigenvalue weighted by molar-refractivity contribution is -0.143. The number of likely N-dealkylation sites (tertiary alicyclic amines) is 1. The van der Waals surface area contributed by atoms with Crippen molar-refractivity contribution in [2.45, 2.75) is 13.8 Å². The number of ether oxygens (including phenoxy) is 1. The van der Waals surface area contributed by atoms with Crippen LogP contribution in [0.15, 0.2) is 0 Å². The Kier molecular flexibility index (Phi) is 4.00. The molecule has 1 rings (SSSR count). The van der Waals surface area contributed by atoms with E-state index in [1.807, 2.05) is 0 Å². The number of carbonyl (C=O) groups excluding carboxylic acids is 2. The Bertz CT molecular complexity index is 294. The van der Waals surface area contributed by atoms with Crippen LogP contribution in [0, 0.1) is 11.8 Å². The van der Waals surface area contributed by atoms with Crippen LogP contribution in [0.25, 0.3) is 0 Å². The van der Waals surface area contributed by atoms with Crippen molar-refractivity contribution in [1.82, 2.24) is 4.90 Å². The summed E-state index contributed by atoms with van der Waals surface area (Å²) >= 11 is 0. The van der Waals surface area contributed by atoms with Gasteiger partial charge in [0.05, 0.1) is 13.2 Å². The van der Waals surface area contributed by atoms with Gasteiger partial charge in [-0.2, -0.15) is 0 Å². The number of imide groups is 1. The third-order valence-corrected chi connectivity index (χ3v) is 2.75. The zero-order valence-corrected chi connectivity index (χ0v) is 9.30. The van der Waals surface area contributed by atoms with Gasteiger partial charge < -0.3 is 9.84 Å². The van der Waals surface area contributed by atoms with Gasteiger partial charge in [0.15, 0.2) is 0 Å². The number of carboxylic acids is 1. The van der Waals surface area contributed by atoms with Crippen molar-refractivity contribution in [3.63, 3.8) is 0 Å². The van der Waals surface area contributed by atoms with Gasteiger partial charge >= 0.3 is 5.97 Å². The van der Waals surface area contributed by atoms with Gasteiger partial charge in [0, 0.05) is 11.8 Å². The number of aliphatic carboxylic acids is 1. The van der Waals surface area contributed by atoms with Crippen molar-refractivity contribution < 1.29 is 24.2 Å². The molecule has 0 radical (unpaired) electrons. The van der Waals surface area contributed by atoms with E-state index >= 15 is 0 Å². The molecule has 0 spiro atoms. The van der Waals surface area contributed by atoms with Crippen molar-refractivity contribution >= 4 is 17.8 Å². The maximum absolute atomic E-state index is 11.6. The molecule has 2 atom stereocenters. The van der Waals surface area contributed by atoms with Gasteiger partial charge in [0.25, 0.3) is 0 Å². The van der Waals surface area contributed by atoms with Crippen LogP contribution in [0.4, 0.5) is 0 Å². The van der Waals surface area contributed by atoms with Crippen molar-refractivity contribution in [2.24, 2.45) is 11.8 Å². The molecule has 1 saturated heterocycles. The molecule has 0 bridgehead atoms. The van der Waals surface area contributed by atoms with Crippen LogP contribution in [0.2, 0.25) is 0 Å². The molecule has 2 amide bonds. The first-order valence-electron chi connectivity index (χ1n) is 5.10. The standard InChI is InChI=1S/C10H15NO5/c1-6-7(2)10(15)11(9(6)14)3-4-16-5-8(12)13/h6-7H,3-5H2,1-2H3,(H,12,13). The molecule has 1 N–H and O–H groups in total. The Morgan fingerprint density at radius 2 is 1.81 bits per heavy atom. The quantitative estimate of drug-likeness (QED) is 0.518. The molecule has 0 aromatic carbocycles. The molecule has 1 fully saturated rings. The largest absolute Gasteiger partial charge is 0.480 e.